The third kappa shape index (κ3) is 2.55. The molecule has 0 saturated heterocycles. The number of anilines is 1. The van der Waals surface area contributed by atoms with E-state index in [-0.39, 0.29) is 5.82 Å². The molecule has 0 amide bonds. The standard InChI is InChI=1S/C15H11Cl2N3/c16-11-8-12(17)15(18)20-14(11)7-10-6-5-9-3-1-2-4-13(9)19-10/h1-6,8H,7H2,(H2,18,20). The van der Waals surface area contributed by atoms with Crippen molar-refractivity contribution in [1.29, 1.82) is 0 Å². The minimum atomic E-state index is 0.284. The summed E-state index contributed by atoms with van der Waals surface area (Å²) in [4.78, 5) is 8.81. The van der Waals surface area contributed by atoms with Gasteiger partial charge in [0, 0.05) is 17.5 Å². The highest BCUT2D eigenvalue weighted by Crippen LogP contribution is 2.25. The van der Waals surface area contributed by atoms with Gasteiger partial charge in [-0.05, 0) is 18.2 Å². The largest absolute Gasteiger partial charge is 0.382 e. The van der Waals surface area contributed by atoms with Crippen molar-refractivity contribution in [3.05, 3.63) is 63.9 Å². The maximum Gasteiger partial charge on any atom is 0.142 e. The van der Waals surface area contributed by atoms with Crippen LogP contribution >= 0.6 is 23.2 Å². The Hall–Kier alpha value is -1.84. The maximum absolute atomic E-state index is 6.14. The van der Waals surface area contributed by atoms with Gasteiger partial charge in [0.2, 0.25) is 0 Å². The van der Waals surface area contributed by atoms with E-state index in [0.29, 0.717) is 22.2 Å². The van der Waals surface area contributed by atoms with Gasteiger partial charge in [-0.1, -0.05) is 47.5 Å². The number of halogens is 2. The Labute approximate surface area is 126 Å². The van der Waals surface area contributed by atoms with Crippen molar-refractivity contribution in [2.75, 3.05) is 5.73 Å². The van der Waals surface area contributed by atoms with Crippen LogP contribution in [0.2, 0.25) is 10.0 Å². The number of hydrogen-bond donors (Lipinski definition) is 1. The molecular formula is C15H11Cl2N3. The van der Waals surface area contributed by atoms with Gasteiger partial charge in [-0.2, -0.15) is 0 Å². The summed E-state index contributed by atoms with van der Waals surface area (Å²) in [5.74, 6) is 0.284. The summed E-state index contributed by atoms with van der Waals surface area (Å²) in [5, 5.41) is 1.97. The first-order chi connectivity index (χ1) is 9.63. The molecule has 0 atom stereocenters. The monoisotopic (exact) mass is 303 g/mol. The van der Waals surface area contributed by atoms with Crippen molar-refractivity contribution in [2.45, 2.75) is 6.42 Å². The lowest BCUT2D eigenvalue weighted by molar-refractivity contribution is 1.03. The van der Waals surface area contributed by atoms with Crippen molar-refractivity contribution < 1.29 is 0 Å². The molecule has 100 valence electrons. The Balaban J connectivity index is 1.99. The highest BCUT2D eigenvalue weighted by molar-refractivity contribution is 6.36. The molecule has 0 fully saturated rings. The van der Waals surface area contributed by atoms with Crippen molar-refractivity contribution >= 4 is 39.9 Å². The Morgan fingerprint density at radius 3 is 2.60 bits per heavy atom. The second-order valence-electron chi connectivity index (χ2n) is 4.46. The van der Waals surface area contributed by atoms with Gasteiger partial charge in [0.15, 0.2) is 0 Å². The fourth-order valence-electron chi connectivity index (χ4n) is 2.02. The Morgan fingerprint density at radius 1 is 0.950 bits per heavy atom. The quantitative estimate of drug-likeness (QED) is 0.775. The van der Waals surface area contributed by atoms with Crippen LogP contribution in [-0.2, 0) is 6.42 Å². The number of rotatable bonds is 2. The number of nitrogen functional groups attached to an aromatic ring is 1. The molecule has 0 saturated carbocycles. The second-order valence-corrected chi connectivity index (χ2v) is 5.27. The molecule has 0 radical (unpaired) electrons. The van der Waals surface area contributed by atoms with Gasteiger partial charge >= 0.3 is 0 Å². The molecule has 0 aliphatic rings. The minimum Gasteiger partial charge on any atom is -0.382 e. The summed E-state index contributed by atoms with van der Waals surface area (Å²) in [6.45, 7) is 0. The molecule has 0 bridgehead atoms. The fourth-order valence-corrected chi connectivity index (χ4v) is 2.45. The molecule has 3 aromatic rings. The van der Waals surface area contributed by atoms with Gasteiger partial charge in [-0.3, -0.25) is 4.98 Å². The number of nitrogens with two attached hydrogens (primary N) is 1. The lowest BCUT2D eigenvalue weighted by atomic mass is 10.1. The highest BCUT2D eigenvalue weighted by atomic mass is 35.5. The molecule has 2 N–H and O–H groups in total. The summed E-state index contributed by atoms with van der Waals surface area (Å²) in [6.07, 6.45) is 0.519. The molecule has 0 aliphatic heterocycles. The number of pyridine rings is 2. The van der Waals surface area contributed by atoms with E-state index < -0.39 is 0 Å². The van der Waals surface area contributed by atoms with Gasteiger partial charge in [0.25, 0.3) is 0 Å². The normalized spacial score (nSPS) is 10.9. The third-order valence-corrected chi connectivity index (χ3v) is 3.66. The topological polar surface area (TPSA) is 51.8 Å². The lowest BCUT2D eigenvalue weighted by Gasteiger charge is -2.07. The number of para-hydroxylation sites is 1. The van der Waals surface area contributed by atoms with E-state index in [9.17, 15) is 0 Å². The number of hydrogen-bond acceptors (Lipinski definition) is 3. The number of benzene rings is 1. The first-order valence-electron chi connectivity index (χ1n) is 6.08. The maximum atomic E-state index is 6.14. The molecule has 2 aromatic heterocycles. The predicted molar refractivity (Wildman–Crippen MR) is 83.2 cm³/mol. The lowest BCUT2D eigenvalue weighted by Crippen LogP contribution is -2.00. The summed E-state index contributed by atoms with van der Waals surface area (Å²) >= 11 is 12.0. The van der Waals surface area contributed by atoms with E-state index in [4.69, 9.17) is 28.9 Å². The molecule has 20 heavy (non-hydrogen) atoms. The number of nitrogens with zero attached hydrogens (tertiary/aromatic N) is 2. The molecule has 5 heteroatoms. The first-order valence-corrected chi connectivity index (χ1v) is 6.84. The van der Waals surface area contributed by atoms with Gasteiger partial charge < -0.3 is 5.73 Å². The Kier molecular flexibility index (Phi) is 3.47. The van der Waals surface area contributed by atoms with Crippen molar-refractivity contribution in [3.8, 4) is 0 Å². The van der Waals surface area contributed by atoms with E-state index in [1.807, 2.05) is 36.4 Å². The molecule has 0 unspecified atom stereocenters. The van der Waals surface area contributed by atoms with E-state index in [1.54, 1.807) is 6.07 Å². The highest BCUT2D eigenvalue weighted by Gasteiger charge is 2.09. The summed E-state index contributed by atoms with van der Waals surface area (Å²) in [7, 11) is 0. The van der Waals surface area contributed by atoms with E-state index in [0.717, 1.165) is 16.6 Å². The van der Waals surface area contributed by atoms with Crippen LogP contribution in [0, 0.1) is 0 Å². The van der Waals surface area contributed by atoms with Crippen LogP contribution in [0.25, 0.3) is 10.9 Å². The third-order valence-electron chi connectivity index (χ3n) is 3.03. The van der Waals surface area contributed by atoms with Crippen LogP contribution in [-0.4, -0.2) is 9.97 Å². The van der Waals surface area contributed by atoms with Crippen LogP contribution in [0.5, 0.6) is 0 Å². The summed E-state index contributed by atoms with van der Waals surface area (Å²) in [6, 6.07) is 13.6. The summed E-state index contributed by atoms with van der Waals surface area (Å²) in [5.41, 5.74) is 8.22. The average molecular weight is 304 g/mol. The molecular weight excluding hydrogens is 293 g/mol. The fraction of sp³-hybridized carbons (Fsp3) is 0.0667. The van der Waals surface area contributed by atoms with Gasteiger partial charge in [-0.25, -0.2) is 4.98 Å². The van der Waals surface area contributed by atoms with Crippen LogP contribution < -0.4 is 5.73 Å². The summed E-state index contributed by atoms with van der Waals surface area (Å²) < 4.78 is 0. The Morgan fingerprint density at radius 2 is 1.75 bits per heavy atom. The van der Waals surface area contributed by atoms with E-state index in [1.165, 1.54) is 0 Å². The average Bonchev–Trinajstić information content (AvgIpc) is 2.44. The Bertz CT molecular complexity index is 787. The smallest absolute Gasteiger partial charge is 0.142 e. The van der Waals surface area contributed by atoms with Gasteiger partial charge in [0.05, 0.1) is 21.3 Å². The van der Waals surface area contributed by atoms with Crippen LogP contribution in [0.15, 0.2) is 42.5 Å². The second kappa shape index (κ2) is 5.27. The molecule has 1 aromatic carbocycles. The first kappa shape index (κ1) is 13.2. The van der Waals surface area contributed by atoms with Gasteiger partial charge in [-0.15, -0.1) is 0 Å². The van der Waals surface area contributed by atoms with Crippen LogP contribution in [0.4, 0.5) is 5.82 Å². The van der Waals surface area contributed by atoms with Gasteiger partial charge in [0.1, 0.15) is 5.82 Å². The molecule has 3 nitrogen and oxygen atoms in total. The van der Waals surface area contributed by atoms with E-state index >= 15 is 0 Å². The zero-order chi connectivity index (χ0) is 14.1. The molecule has 2 heterocycles. The van der Waals surface area contributed by atoms with Crippen molar-refractivity contribution in [3.63, 3.8) is 0 Å². The SMILES string of the molecule is Nc1nc(Cc2ccc3ccccc3n2)c(Cl)cc1Cl. The molecule has 3 rings (SSSR count). The van der Waals surface area contributed by atoms with Crippen molar-refractivity contribution in [2.24, 2.45) is 0 Å². The predicted octanol–water partition coefficient (Wildman–Crippen LogP) is 4.11. The minimum absolute atomic E-state index is 0.284. The van der Waals surface area contributed by atoms with Crippen LogP contribution in [0.3, 0.4) is 0 Å². The molecule has 0 aliphatic carbocycles. The zero-order valence-corrected chi connectivity index (χ0v) is 12.0. The zero-order valence-electron chi connectivity index (χ0n) is 10.5. The molecule has 0 spiro atoms. The number of aromatic nitrogens is 2. The van der Waals surface area contributed by atoms with E-state index in [2.05, 4.69) is 9.97 Å². The van der Waals surface area contributed by atoms with Crippen LogP contribution in [0.1, 0.15) is 11.4 Å². The van der Waals surface area contributed by atoms with Crippen molar-refractivity contribution in [1.82, 2.24) is 9.97 Å². The number of fused-ring (bicyclic) bond motifs is 1.